The van der Waals surface area contributed by atoms with Crippen molar-refractivity contribution in [2.45, 2.75) is 0 Å². The lowest BCUT2D eigenvalue weighted by Gasteiger charge is -2.18. The number of benzene rings is 2. The molecule has 2 rings (SSSR count). The molecular formula is C17H23IN4O. The van der Waals surface area contributed by atoms with Crippen LogP contribution in [-0.2, 0) is 0 Å². The van der Waals surface area contributed by atoms with Crippen LogP contribution in [0.2, 0.25) is 0 Å². The van der Waals surface area contributed by atoms with E-state index in [2.05, 4.69) is 27.3 Å². The van der Waals surface area contributed by atoms with E-state index in [1.54, 1.807) is 7.11 Å². The first-order valence-electron chi connectivity index (χ1n) is 7.17. The molecule has 0 aliphatic carbocycles. The molecule has 0 saturated heterocycles. The smallest absolute Gasteiger partial charge is 0.193 e. The summed E-state index contributed by atoms with van der Waals surface area (Å²) in [7, 11) is 3.66. The first-order chi connectivity index (χ1) is 10.7. The maximum absolute atomic E-state index is 5.92. The van der Waals surface area contributed by atoms with Crippen LogP contribution in [-0.4, -0.2) is 33.2 Å². The number of halogens is 1. The van der Waals surface area contributed by atoms with Gasteiger partial charge in [0.05, 0.1) is 19.3 Å². The van der Waals surface area contributed by atoms with Crippen LogP contribution in [0.25, 0.3) is 0 Å². The predicted molar refractivity (Wildman–Crippen MR) is 108 cm³/mol. The Morgan fingerprint density at radius 1 is 1.13 bits per heavy atom. The van der Waals surface area contributed by atoms with Crippen molar-refractivity contribution in [1.29, 1.82) is 0 Å². The molecule has 0 heterocycles. The highest BCUT2D eigenvalue weighted by atomic mass is 127. The molecule has 0 aliphatic rings. The van der Waals surface area contributed by atoms with E-state index < -0.39 is 0 Å². The van der Waals surface area contributed by atoms with E-state index >= 15 is 0 Å². The summed E-state index contributed by atoms with van der Waals surface area (Å²) >= 11 is 0. The summed E-state index contributed by atoms with van der Waals surface area (Å²) in [6, 6.07) is 17.8. The minimum absolute atomic E-state index is 0. The highest BCUT2D eigenvalue weighted by Crippen LogP contribution is 2.22. The van der Waals surface area contributed by atoms with E-state index in [0.717, 1.165) is 23.7 Å². The van der Waals surface area contributed by atoms with Gasteiger partial charge >= 0.3 is 0 Å². The van der Waals surface area contributed by atoms with Gasteiger partial charge in [-0.25, -0.2) is 0 Å². The highest BCUT2D eigenvalue weighted by molar-refractivity contribution is 14.0. The molecule has 5 nitrogen and oxygen atoms in total. The maximum Gasteiger partial charge on any atom is 0.193 e. The number of nitrogens with zero attached hydrogens (tertiary/aromatic N) is 2. The van der Waals surface area contributed by atoms with E-state index in [-0.39, 0.29) is 24.0 Å². The molecule has 124 valence electrons. The average molecular weight is 426 g/mol. The molecule has 0 fully saturated rings. The Morgan fingerprint density at radius 3 is 2.48 bits per heavy atom. The SMILES string of the molecule is COc1ccccc1NC(N)=NCCN(C)c1ccccc1.I. The zero-order valence-corrected chi connectivity index (χ0v) is 15.7. The second-order valence-corrected chi connectivity index (χ2v) is 4.85. The van der Waals surface area contributed by atoms with E-state index in [1.807, 2.05) is 49.5 Å². The monoisotopic (exact) mass is 426 g/mol. The molecule has 0 radical (unpaired) electrons. The van der Waals surface area contributed by atoms with Crippen molar-refractivity contribution in [3.05, 3.63) is 54.6 Å². The highest BCUT2D eigenvalue weighted by Gasteiger charge is 2.03. The molecule has 0 atom stereocenters. The number of ether oxygens (including phenoxy) is 1. The molecule has 0 aromatic heterocycles. The molecule has 0 unspecified atom stereocenters. The second kappa shape index (κ2) is 9.94. The first-order valence-corrected chi connectivity index (χ1v) is 7.17. The third-order valence-electron chi connectivity index (χ3n) is 3.28. The van der Waals surface area contributed by atoms with Crippen LogP contribution in [0, 0.1) is 0 Å². The molecule has 3 N–H and O–H groups in total. The second-order valence-electron chi connectivity index (χ2n) is 4.85. The van der Waals surface area contributed by atoms with Gasteiger partial charge in [0, 0.05) is 19.3 Å². The fourth-order valence-electron chi connectivity index (χ4n) is 2.06. The molecule has 0 saturated carbocycles. The Morgan fingerprint density at radius 2 is 1.78 bits per heavy atom. The Balaban J connectivity index is 0.00000264. The number of rotatable bonds is 6. The zero-order valence-electron chi connectivity index (χ0n) is 13.4. The summed E-state index contributed by atoms with van der Waals surface area (Å²) < 4.78 is 5.27. The molecule has 0 amide bonds. The van der Waals surface area contributed by atoms with Gasteiger partial charge in [0.25, 0.3) is 0 Å². The van der Waals surface area contributed by atoms with Gasteiger partial charge in [-0.05, 0) is 24.3 Å². The van der Waals surface area contributed by atoms with E-state index in [9.17, 15) is 0 Å². The number of para-hydroxylation sites is 3. The van der Waals surface area contributed by atoms with Crippen molar-refractivity contribution < 1.29 is 4.74 Å². The van der Waals surface area contributed by atoms with Crippen molar-refractivity contribution in [3.63, 3.8) is 0 Å². The van der Waals surface area contributed by atoms with Crippen molar-refractivity contribution in [3.8, 4) is 5.75 Å². The predicted octanol–water partition coefficient (Wildman–Crippen LogP) is 3.18. The minimum Gasteiger partial charge on any atom is -0.495 e. The number of aliphatic imine (C=N–C) groups is 1. The average Bonchev–Trinajstić information content (AvgIpc) is 2.56. The molecule has 0 spiro atoms. The summed E-state index contributed by atoms with van der Waals surface area (Å²) in [6.45, 7) is 1.40. The summed E-state index contributed by atoms with van der Waals surface area (Å²) in [6.07, 6.45) is 0. The standard InChI is InChI=1S/C17H22N4O.HI/c1-21(14-8-4-3-5-9-14)13-12-19-17(18)20-15-10-6-7-11-16(15)22-2;/h3-11H,12-13H2,1-2H3,(H3,18,19,20);1H. The van der Waals surface area contributed by atoms with Gasteiger partial charge in [0.15, 0.2) is 5.96 Å². The fourth-order valence-corrected chi connectivity index (χ4v) is 2.06. The van der Waals surface area contributed by atoms with Crippen LogP contribution in [0.1, 0.15) is 0 Å². The molecule has 23 heavy (non-hydrogen) atoms. The van der Waals surface area contributed by atoms with Gasteiger partial charge in [-0.1, -0.05) is 30.3 Å². The topological polar surface area (TPSA) is 62.9 Å². The van der Waals surface area contributed by atoms with Crippen LogP contribution >= 0.6 is 24.0 Å². The van der Waals surface area contributed by atoms with Gasteiger partial charge in [-0.15, -0.1) is 24.0 Å². The number of hydrogen-bond donors (Lipinski definition) is 2. The Kier molecular flexibility index (Phi) is 8.25. The van der Waals surface area contributed by atoms with Gasteiger partial charge in [-0.3, -0.25) is 4.99 Å². The quantitative estimate of drug-likeness (QED) is 0.423. The lowest BCUT2D eigenvalue weighted by molar-refractivity contribution is 0.417. The summed E-state index contributed by atoms with van der Waals surface area (Å²) in [5.41, 5.74) is 7.89. The van der Waals surface area contributed by atoms with Gasteiger partial charge < -0.3 is 20.7 Å². The summed E-state index contributed by atoms with van der Waals surface area (Å²) in [4.78, 5) is 6.49. The number of guanidine groups is 1. The van der Waals surface area contributed by atoms with Gasteiger partial charge in [-0.2, -0.15) is 0 Å². The summed E-state index contributed by atoms with van der Waals surface area (Å²) in [5, 5.41) is 3.06. The fraction of sp³-hybridized carbons (Fsp3) is 0.235. The first kappa shape index (κ1) is 19.1. The molecule has 2 aromatic rings. The number of anilines is 2. The molecule has 6 heteroatoms. The number of methoxy groups -OCH3 is 1. The lowest BCUT2D eigenvalue weighted by Crippen LogP contribution is -2.26. The van der Waals surface area contributed by atoms with Crippen molar-refractivity contribution in [2.75, 3.05) is 37.5 Å². The van der Waals surface area contributed by atoms with Gasteiger partial charge in [0.2, 0.25) is 0 Å². The number of hydrogen-bond acceptors (Lipinski definition) is 3. The Labute approximate surface area is 154 Å². The number of likely N-dealkylation sites (N-methyl/N-ethyl adjacent to an activating group) is 1. The summed E-state index contributed by atoms with van der Waals surface area (Å²) in [5.74, 6) is 1.12. The largest absolute Gasteiger partial charge is 0.495 e. The van der Waals surface area contributed by atoms with Crippen molar-refractivity contribution in [2.24, 2.45) is 10.7 Å². The van der Waals surface area contributed by atoms with Gasteiger partial charge in [0.1, 0.15) is 5.75 Å². The van der Waals surface area contributed by atoms with Crippen LogP contribution < -0.4 is 20.7 Å². The van der Waals surface area contributed by atoms with E-state index in [0.29, 0.717) is 12.5 Å². The van der Waals surface area contributed by atoms with Crippen molar-refractivity contribution in [1.82, 2.24) is 0 Å². The third-order valence-corrected chi connectivity index (χ3v) is 3.28. The van der Waals surface area contributed by atoms with Crippen LogP contribution in [0.3, 0.4) is 0 Å². The van der Waals surface area contributed by atoms with E-state index in [1.165, 1.54) is 0 Å². The molecule has 2 aromatic carbocycles. The minimum atomic E-state index is 0. The van der Waals surface area contributed by atoms with Crippen LogP contribution in [0.5, 0.6) is 5.75 Å². The van der Waals surface area contributed by atoms with Crippen LogP contribution in [0.4, 0.5) is 11.4 Å². The molecule has 0 aliphatic heterocycles. The normalized spacial score (nSPS) is 10.6. The van der Waals surface area contributed by atoms with Crippen molar-refractivity contribution >= 4 is 41.3 Å². The van der Waals surface area contributed by atoms with Crippen LogP contribution in [0.15, 0.2) is 59.6 Å². The Bertz CT molecular complexity index is 619. The van der Waals surface area contributed by atoms with E-state index in [4.69, 9.17) is 10.5 Å². The number of nitrogens with one attached hydrogen (secondary N) is 1. The Hall–Kier alpha value is -1.96. The molecule has 0 bridgehead atoms. The lowest BCUT2D eigenvalue weighted by atomic mass is 10.3. The molecular weight excluding hydrogens is 403 g/mol. The zero-order chi connectivity index (χ0) is 15.8. The maximum atomic E-state index is 5.92. The number of nitrogens with two attached hydrogens (primary N) is 1. The third kappa shape index (κ3) is 5.97.